The first-order valence-corrected chi connectivity index (χ1v) is 5.92. The second-order valence-corrected chi connectivity index (χ2v) is 5.24. The van der Waals surface area contributed by atoms with Gasteiger partial charge in [0.15, 0.2) is 0 Å². The fourth-order valence-corrected chi connectivity index (χ4v) is 1.68. The molecule has 1 rings (SSSR count). The van der Waals surface area contributed by atoms with Crippen LogP contribution in [-0.4, -0.2) is 22.5 Å². The average molecular weight is 235 g/mol. The highest BCUT2D eigenvalue weighted by molar-refractivity contribution is 5.81. The molecule has 0 aromatic heterocycles. The smallest absolute Gasteiger partial charge is 0.228 e. The molecule has 0 saturated carbocycles. The summed E-state index contributed by atoms with van der Waals surface area (Å²) in [6.07, 6.45) is 0. The van der Waals surface area contributed by atoms with E-state index in [0.29, 0.717) is 13.1 Å². The zero-order chi connectivity index (χ0) is 13.1. The van der Waals surface area contributed by atoms with E-state index in [1.54, 1.807) is 23.1 Å². The molecule has 0 saturated heterocycles. The molecule has 0 fully saturated rings. The molecule has 0 aliphatic carbocycles. The predicted molar refractivity (Wildman–Crippen MR) is 68.7 cm³/mol. The number of phenols is 1. The van der Waals surface area contributed by atoms with Gasteiger partial charge in [0, 0.05) is 18.5 Å². The number of carbonyl (C=O) groups excluding carboxylic acids is 1. The molecule has 0 atom stereocenters. The molecule has 1 amide bonds. The van der Waals surface area contributed by atoms with Crippen LogP contribution in [0.2, 0.25) is 0 Å². The van der Waals surface area contributed by atoms with Crippen molar-refractivity contribution in [3.8, 4) is 5.75 Å². The summed E-state index contributed by atoms with van der Waals surface area (Å²) in [6.45, 7) is 8.93. The lowest BCUT2D eigenvalue weighted by molar-refractivity contribution is -0.139. The van der Waals surface area contributed by atoms with Gasteiger partial charge in [-0.3, -0.25) is 4.79 Å². The van der Waals surface area contributed by atoms with Crippen molar-refractivity contribution >= 4 is 5.91 Å². The number of amides is 1. The van der Waals surface area contributed by atoms with Crippen LogP contribution in [0.25, 0.3) is 0 Å². The molecule has 0 radical (unpaired) electrons. The molecular weight excluding hydrogens is 214 g/mol. The standard InChI is InChI=1S/C14H21NO2/c1-5-15(13(17)14(2,3)4)10-11-7-6-8-12(16)9-11/h6-9,16H,5,10H2,1-4H3. The van der Waals surface area contributed by atoms with Crippen LogP contribution in [-0.2, 0) is 11.3 Å². The largest absolute Gasteiger partial charge is 0.508 e. The third-order valence-corrected chi connectivity index (χ3v) is 2.59. The molecule has 3 heteroatoms. The Morgan fingerprint density at radius 2 is 2.00 bits per heavy atom. The zero-order valence-corrected chi connectivity index (χ0v) is 11.0. The first kappa shape index (κ1) is 13.6. The quantitative estimate of drug-likeness (QED) is 0.875. The van der Waals surface area contributed by atoms with Crippen molar-refractivity contribution in [3.05, 3.63) is 29.8 Å². The van der Waals surface area contributed by atoms with Crippen LogP contribution in [0.5, 0.6) is 5.75 Å². The molecule has 0 heterocycles. The molecule has 1 N–H and O–H groups in total. The van der Waals surface area contributed by atoms with E-state index in [-0.39, 0.29) is 17.1 Å². The van der Waals surface area contributed by atoms with Crippen LogP contribution in [0.3, 0.4) is 0 Å². The van der Waals surface area contributed by atoms with Gasteiger partial charge in [0.25, 0.3) is 0 Å². The molecule has 0 aliphatic rings. The van der Waals surface area contributed by atoms with Gasteiger partial charge in [-0.1, -0.05) is 32.9 Å². The van der Waals surface area contributed by atoms with E-state index >= 15 is 0 Å². The van der Waals surface area contributed by atoms with E-state index < -0.39 is 0 Å². The first-order chi connectivity index (χ1) is 7.84. The van der Waals surface area contributed by atoms with E-state index in [4.69, 9.17) is 0 Å². The minimum atomic E-state index is -0.368. The van der Waals surface area contributed by atoms with Crippen molar-refractivity contribution in [1.29, 1.82) is 0 Å². The average Bonchev–Trinajstić information content (AvgIpc) is 2.24. The van der Waals surface area contributed by atoms with Crippen molar-refractivity contribution in [3.63, 3.8) is 0 Å². The maximum Gasteiger partial charge on any atom is 0.228 e. The number of phenolic OH excluding ortho intramolecular Hbond substituents is 1. The summed E-state index contributed by atoms with van der Waals surface area (Å²) < 4.78 is 0. The summed E-state index contributed by atoms with van der Waals surface area (Å²) >= 11 is 0. The van der Waals surface area contributed by atoms with E-state index in [2.05, 4.69) is 0 Å². The third-order valence-electron chi connectivity index (χ3n) is 2.59. The van der Waals surface area contributed by atoms with E-state index in [0.717, 1.165) is 5.56 Å². The maximum atomic E-state index is 12.1. The van der Waals surface area contributed by atoms with Gasteiger partial charge in [0.2, 0.25) is 5.91 Å². The Morgan fingerprint density at radius 3 is 2.47 bits per heavy atom. The van der Waals surface area contributed by atoms with Gasteiger partial charge in [-0.15, -0.1) is 0 Å². The zero-order valence-electron chi connectivity index (χ0n) is 11.0. The van der Waals surface area contributed by atoms with Gasteiger partial charge in [-0.05, 0) is 24.6 Å². The Kier molecular flexibility index (Phi) is 4.16. The molecule has 0 spiro atoms. The monoisotopic (exact) mass is 235 g/mol. The van der Waals surface area contributed by atoms with Crippen molar-refractivity contribution in [1.82, 2.24) is 4.90 Å². The van der Waals surface area contributed by atoms with Crippen LogP contribution in [0.15, 0.2) is 24.3 Å². The summed E-state index contributed by atoms with van der Waals surface area (Å²) in [5.41, 5.74) is 0.580. The Bertz CT molecular complexity index is 393. The number of nitrogens with zero attached hydrogens (tertiary/aromatic N) is 1. The van der Waals surface area contributed by atoms with Gasteiger partial charge in [0.1, 0.15) is 5.75 Å². The summed E-state index contributed by atoms with van der Waals surface area (Å²) in [4.78, 5) is 13.9. The Balaban J connectivity index is 2.81. The van der Waals surface area contributed by atoms with Crippen molar-refractivity contribution in [2.45, 2.75) is 34.2 Å². The lowest BCUT2D eigenvalue weighted by atomic mass is 9.94. The Morgan fingerprint density at radius 1 is 1.35 bits per heavy atom. The maximum absolute atomic E-state index is 12.1. The van der Waals surface area contributed by atoms with E-state index in [9.17, 15) is 9.90 Å². The molecule has 0 aliphatic heterocycles. The van der Waals surface area contributed by atoms with Gasteiger partial charge in [0.05, 0.1) is 0 Å². The highest BCUT2D eigenvalue weighted by Gasteiger charge is 2.26. The summed E-state index contributed by atoms with van der Waals surface area (Å²) in [5.74, 6) is 0.366. The molecule has 94 valence electrons. The normalized spacial score (nSPS) is 11.3. The molecule has 17 heavy (non-hydrogen) atoms. The minimum absolute atomic E-state index is 0.128. The third kappa shape index (κ3) is 3.77. The summed E-state index contributed by atoms with van der Waals surface area (Å²) in [5, 5.41) is 9.39. The second-order valence-electron chi connectivity index (χ2n) is 5.24. The van der Waals surface area contributed by atoms with Crippen molar-refractivity contribution < 1.29 is 9.90 Å². The lowest BCUT2D eigenvalue weighted by Crippen LogP contribution is -2.38. The fourth-order valence-electron chi connectivity index (χ4n) is 1.68. The number of hydrogen-bond donors (Lipinski definition) is 1. The summed E-state index contributed by atoms with van der Waals surface area (Å²) in [6, 6.07) is 7.03. The van der Waals surface area contributed by atoms with Crippen LogP contribution >= 0.6 is 0 Å². The molecule has 3 nitrogen and oxygen atoms in total. The van der Waals surface area contributed by atoms with Gasteiger partial charge >= 0.3 is 0 Å². The van der Waals surface area contributed by atoms with Crippen LogP contribution < -0.4 is 0 Å². The van der Waals surface area contributed by atoms with Crippen molar-refractivity contribution in [2.75, 3.05) is 6.54 Å². The highest BCUT2D eigenvalue weighted by Crippen LogP contribution is 2.20. The molecule has 1 aromatic carbocycles. The van der Waals surface area contributed by atoms with Gasteiger partial charge in [-0.25, -0.2) is 0 Å². The molecule has 1 aromatic rings. The fraction of sp³-hybridized carbons (Fsp3) is 0.500. The number of carbonyl (C=O) groups is 1. The SMILES string of the molecule is CCN(Cc1cccc(O)c1)C(=O)C(C)(C)C. The van der Waals surface area contributed by atoms with E-state index in [1.807, 2.05) is 33.8 Å². The van der Waals surface area contributed by atoms with Crippen LogP contribution in [0.1, 0.15) is 33.3 Å². The second kappa shape index (κ2) is 5.21. The molecule has 0 unspecified atom stereocenters. The number of hydrogen-bond acceptors (Lipinski definition) is 2. The Hall–Kier alpha value is -1.51. The predicted octanol–water partition coefficient (Wildman–Crippen LogP) is 2.79. The number of rotatable bonds is 3. The highest BCUT2D eigenvalue weighted by atomic mass is 16.3. The summed E-state index contributed by atoms with van der Waals surface area (Å²) in [7, 11) is 0. The van der Waals surface area contributed by atoms with Crippen LogP contribution in [0, 0.1) is 5.41 Å². The first-order valence-electron chi connectivity index (χ1n) is 5.92. The van der Waals surface area contributed by atoms with Gasteiger partial charge in [-0.2, -0.15) is 0 Å². The molecular formula is C14H21NO2. The van der Waals surface area contributed by atoms with Crippen LogP contribution in [0.4, 0.5) is 0 Å². The van der Waals surface area contributed by atoms with Crippen molar-refractivity contribution in [2.24, 2.45) is 5.41 Å². The minimum Gasteiger partial charge on any atom is -0.508 e. The number of benzene rings is 1. The van der Waals surface area contributed by atoms with Gasteiger partial charge < -0.3 is 10.0 Å². The lowest BCUT2D eigenvalue weighted by Gasteiger charge is -2.28. The Labute approximate surface area is 103 Å². The number of aromatic hydroxyl groups is 1. The topological polar surface area (TPSA) is 40.5 Å². The van der Waals surface area contributed by atoms with E-state index in [1.165, 1.54) is 0 Å². The molecule has 0 bridgehead atoms.